The van der Waals surface area contributed by atoms with Crippen LogP contribution in [0.2, 0.25) is 0 Å². The van der Waals surface area contributed by atoms with Crippen LogP contribution in [0, 0.1) is 20.8 Å². The molecule has 4 heteroatoms. The molecule has 122 valence electrons. The van der Waals surface area contributed by atoms with Crippen molar-refractivity contribution in [2.45, 2.75) is 25.8 Å². The van der Waals surface area contributed by atoms with Gasteiger partial charge in [-0.15, -0.1) is 0 Å². The Balaban J connectivity index is 1.70. The van der Waals surface area contributed by atoms with E-state index in [4.69, 9.17) is 4.98 Å². The number of aryl methyl sites for hydroxylation is 3. The predicted octanol–water partition coefficient (Wildman–Crippen LogP) is 4.89. The Morgan fingerprint density at radius 1 is 1.04 bits per heavy atom. The van der Waals surface area contributed by atoms with Crippen LogP contribution < -0.4 is 5.32 Å². The molecule has 3 rings (SSSR count). The number of benzene rings is 2. The van der Waals surface area contributed by atoms with E-state index < -0.39 is 0 Å². The average Bonchev–Trinajstić information content (AvgIpc) is 2.56. The number of amides is 1. The minimum Gasteiger partial charge on any atom is -0.325 e. The zero-order valence-corrected chi connectivity index (χ0v) is 14.9. The maximum atomic E-state index is 12.1. The minimum atomic E-state index is -0.0202. The van der Waals surface area contributed by atoms with Crippen LogP contribution in [0.25, 0.3) is 10.9 Å². The van der Waals surface area contributed by atoms with Crippen molar-refractivity contribution in [3.05, 3.63) is 65.2 Å². The Morgan fingerprint density at radius 2 is 1.79 bits per heavy atom. The third-order valence-electron chi connectivity index (χ3n) is 3.91. The molecule has 3 nitrogen and oxygen atoms in total. The maximum absolute atomic E-state index is 12.1. The molecule has 0 atom stereocenters. The Hall–Kier alpha value is -2.33. The molecule has 1 heterocycles. The molecule has 0 saturated heterocycles. The monoisotopic (exact) mass is 336 g/mol. The smallest absolute Gasteiger partial charge is 0.234 e. The van der Waals surface area contributed by atoms with Gasteiger partial charge in [0.25, 0.3) is 0 Å². The van der Waals surface area contributed by atoms with Crippen LogP contribution in [-0.2, 0) is 4.79 Å². The first-order chi connectivity index (χ1) is 11.5. The molecule has 1 aromatic heterocycles. The lowest BCUT2D eigenvalue weighted by Crippen LogP contribution is -2.14. The number of carbonyl (C=O) groups excluding carboxylic acids is 1. The van der Waals surface area contributed by atoms with Crippen LogP contribution in [0.1, 0.15) is 16.7 Å². The summed E-state index contributed by atoms with van der Waals surface area (Å²) in [5, 5.41) is 4.97. The average molecular weight is 336 g/mol. The van der Waals surface area contributed by atoms with Crippen LogP contribution in [0.3, 0.4) is 0 Å². The van der Waals surface area contributed by atoms with Crippen LogP contribution in [-0.4, -0.2) is 16.6 Å². The zero-order chi connectivity index (χ0) is 17.1. The summed E-state index contributed by atoms with van der Waals surface area (Å²) in [5.74, 6) is 0.325. The van der Waals surface area contributed by atoms with E-state index in [9.17, 15) is 4.79 Å². The van der Waals surface area contributed by atoms with Crippen LogP contribution in [0.15, 0.2) is 53.6 Å². The van der Waals surface area contributed by atoms with E-state index in [1.165, 1.54) is 28.3 Å². The SMILES string of the molecule is Cc1ccc(NC(=O)CSc2cc(C)c3cccc(C)c3n2)cc1. The van der Waals surface area contributed by atoms with E-state index in [1.54, 1.807) is 0 Å². The van der Waals surface area contributed by atoms with Crippen LogP contribution >= 0.6 is 11.8 Å². The molecule has 24 heavy (non-hydrogen) atoms. The van der Waals surface area contributed by atoms with Gasteiger partial charge >= 0.3 is 0 Å². The van der Waals surface area contributed by atoms with Crippen LogP contribution in [0.5, 0.6) is 0 Å². The van der Waals surface area contributed by atoms with Gasteiger partial charge in [0, 0.05) is 11.1 Å². The number of nitrogens with one attached hydrogen (secondary N) is 1. The fourth-order valence-electron chi connectivity index (χ4n) is 2.58. The van der Waals surface area contributed by atoms with Crippen molar-refractivity contribution in [3.63, 3.8) is 0 Å². The van der Waals surface area contributed by atoms with Gasteiger partial charge in [-0.1, -0.05) is 47.7 Å². The fourth-order valence-corrected chi connectivity index (χ4v) is 3.35. The van der Waals surface area contributed by atoms with Gasteiger partial charge in [-0.2, -0.15) is 0 Å². The van der Waals surface area contributed by atoms with Gasteiger partial charge in [0.1, 0.15) is 0 Å². The molecule has 0 spiro atoms. The van der Waals surface area contributed by atoms with Gasteiger partial charge in [0.15, 0.2) is 0 Å². The Kier molecular flexibility index (Phi) is 4.86. The highest BCUT2D eigenvalue weighted by atomic mass is 32.2. The number of para-hydroxylation sites is 1. The lowest BCUT2D eigenvalue weighted by atomic mass is 10.1. The number of hydrogen-bond donors (Lipinski definition) is 1. The number of anilines is 1. The number of nitrogens with zero attached hydrogens (tertiary/aromatic N) is 1. The van der Waals surface area contributed by atoms with Gasteiger partial charge in [-0.05, 0) is 50.1 Å². The molecule has 0 bridgehead atoms. The summed E-state index contributed by atoms with van der Waals surface area (Å²) in [6, 6.07) is 16.1. The number of hydrogen-bond acceptors (Lipinski definition) is 3. The first-order valence-electron chi connectivity index (χ1n) is 7.89. The molecule has 0 fully saturated rings. The second-order valence-electron chi connectivity index (χ2n) is 5.95. The van der Waals surface area contributed by atoms with Crippen LogP contribution in [0.4, 0.5) is 5.69 Å². The Labute approximate surface area is 146 Å². The van der Waals surface area contributed by atoms with E-state index in [2.05, 4.69) is 31.3 Å². The molecule has 0 aliphatic heterocycles. The van der Waals surface area contributed by atoms with Gasteiger partial charge in [-0.3, -0.25) is 4.79 Å². The normalized spacial score (nSPS) is 10.8. The van der Waals surface area contributed by atoms with E-state index in [1.807, 2.05) is 43.3 Å². The maximum Gasteiger partial charge on any atom is 0.234 e. The minimum absolute atomic E-state index is 0.0202. The second-order valence-corrected chi connectivity index (χ2v) is 6.95. The van der Waals surface area contributed by atoms with Crippen molar-refractivity contribution in [2.75, 3.05) is 11.1 Å². The third-order valence-corrected chi connectivity index (χ3v) is 4.82. The lowest BCUT2D eigenvalue weighted by Gasteiger charge is -2.09. The summed E-state index contributed by atoms with van der Waals surface area (Å²) in [5.41, 5.74) is 5.35. The van der Waals surface area contributed by atoms with E-state index in [0.717, 1.165) is 21.8 Å². The molecule has 1 N–H and O–H groups in total. The summed E-state index contributed by atoms with van der Waals surface area (Å²) in [7, 11) is 0. The standard InChI is InChI=1S/C20H20N2OS/c1-13-7-9-16(10-8-13)21-18(23)12-24-19-11-15(3)17-6-4-5-14(2)20(17)22-19/h4-11H,12H2,1-3H3,(H,21,23). The predicted molar refractivity (Wildman–Crippen MR) is 102 cm³/mol. The molecule has 3 aromatic rings. The summed E-state index contributed by atoms with van der Waals surface area (Å²) in [6.45, 7) is 6.17. The fraction of sp³-hybridized carbons (Fsp3) is 0.200. The van der Waals surface area contributed by atoms with Gasteiger partial charge < -0.3 is 5.32 Å². The first kappa shape index (κ1) is 16.5. The molecule has 0 aliphatic carbocycles. The van der Waals surface area contributed by atoms with E-state index in [-0.39, 0.29) is 5.91 Å². The van der Waals surface area contributed by atoms with E-state index in [0.29, 0.717) is 5.75 Å². The number of aromatic nitrogens is 1. The zero-order valence-electron chi connectivity index (χ0n) is 14.1. The summed E-state index contributed by atoms with van der Waals surface area (Å²) in [6.07, 6.45) is 0. The Morgan fingerprint density at radius 3 is 2.54 bits per heavy atom. The molecule has 0 radical (unpaired) electrons. The molecule has 1 amide bonds. The molecule has 0 saturated carbocycles. The van der Waals surface area contributed by atoms with Crippen molar-refractivity contribution < 1.29 is 4.79 Å². The van der Waals surface area contributed by atoms with Crippen molar-refractivity contribution >= 4 is 34.3 Å². The largest absolute Gasteiger partial charge is 0.325 e. The van der Waals surface area contributed by atoms with Crippen molar-refractivity contribution in [2.24, 2.45) is 0 Å². The number of thioether (sulfide) groups is 1. The van der Waals surface area contributed by atoms with Gasteiger partial charge in [-0.25, -0.2) is 4.98 Å². The molecular weight excluding hydrogens is 316 g/mol. The highest BCUT2D eigenvalue weighted by Gasteiger charge is 2.08. The lowest BCUT2D eigenvalue weighted by molar-refractivity contribution is -0.113. The quantitative estimate of drug-likeness (QED) is 0.690. The molecule has 2 aromatic carbocycles. The number of carbonyl (C=O) groups is 1. The third kappa shape index (κ3) is 3.77. The molecular formula is C20H20N2OS. The number of rotatable bonds is 4. The van der Waals surface area contributed by atoms with Gasteiger partial charge in [0.2, 0.25) is 5.91 Å². The molecule has 0 aliphatic rings. The molecule has 0 unspecified atom stereocenters. The van der Waals surface area contributed by atoms with Gasteiger partial charge in [0.05, 0.1) is 16.3 Å². The van der Waals surface area contributed by atoms with Crippen molar-refractivity contribution in [1.29, 1.82) is 0 Å². The first-order valence-corrected chi connectivity index (χ1v) is 8.88. The second kappa shape index (κ2) is 7.05. The topological polar surface area (TPSA) is 42.0 Å². The highest BCUT2D eigenvalue weighted by Crippen LogP contribution is 2.25. The highest BCUT2D eigenvalue weighted by molar-refractivity contribution is 7.99. The van der Waals surface area contributed by atoms with E-state index >= 15 is 0 Å². The summed E-state index contributed by atoms with van der Waals surface area (Å²) < 4.78 is 0. The van der Waals surface area contributed by atoms with Crippen molar-refractivity contribution in [3.8, 4) is 0 Å². The number of pyridine rings is 1. The van der Waals surface area contributed by atoms with Crippen molar-refractivity contribution in [1.82, 2.24) is 4.98 Å². The Bertz CT molecular complexity index is 888. The summed E-state index contributed by atoms with van der Waals surface area (Å²) in [4.78, 5) is 16.8. The number of fused-ring (bicyclic) bond motifs is 1. The summed E-state index contributed by atoms with van der Waals surface area (Å²) >= 11 is 1.47.